The second-order valence-electron chi connectivity index (χ2n) is 5.30. The number of carbonyl (C=O) groups excluding carboxylic acids is 1. The number of amides is 2. The van der Waals surface area contributed by atoms with Gasteiger partial charge >= 0.3 is 12.0 Å². The Hall–Kier alpha value is -2.05. The van der Waals surface area contributed by atoms with E-state index in [9.17, 15) is 9.59 Å². The van der Waals surface area contributed by atoms with E-state index < -0.39 is 17.9 Å². The summed E-state index contributed by atoms with van der Waals surface area (Å²) in [4.78, 5) is 22.8. The van der Waals surface area contributed by atoms with Crippen LogP contribution >= 0.6 is 0 Å². The SMILES string of the molecule is Cc1nn(C)cc1NC(=O)NCC(CC(C)C)C(=O)O. The summed E-state index contributed by atoms with van der Waals surface area (Å²) in [5.74, 6) is -1.20. The molecule has 7 heteroatoms. The van der Waals surface area contributed by atoms with Gasteiger partial charge in [-0.3, -0.25) is 9.48 Å². The average molecular weight is 282 g/mol. The standard InChI is InChI=1S/C13H22N4O3/c1-8(2)5-10(12(18)19)6-14-13(20)15-11-7-17(4)16-9(11)3/h7-8,10H,5-6H2,1-4H3,(H,18,19)(H2,14,15,20). The van der Waals surface area contributed by atoms with E-state index >= 15 is 0 Å². The predicted molar refractivity (Wildman–Crippen MR) is 75.5 cm³/mol. The third kappa shape index (κ3) is 4.91. The summed E-state index contributed by atoms with van der Waals surface area (Å²) in [5.41, 5.74) is 1.32. The first-order chi connectivity index (χ1) is 9.29. The number of hydrogen-bond donors (Lipinski definition) is 3. The second kappa shape index (κ2) is 6.93. The van der Waals surface area contributed by atoms with E-state index in [-0.39, 0.29) is 12.5 Å². The molecule has 1 aromatic heterocycles. The van der Waals surface area contributed by atoms with Crippen LogP contribution in [0.3, 0.4) is 0 Å². The molecule has 0 spiro atoms. The Morgan fingerprint density at radius 2 is 2.10 bits per heavy atom. The van der Waals surface area contributed by atoms with Crippen molar-refractivity contribution in [1.82, 2.24) is 15.1 Å². The minimum absolute atomic E-state index is 0.110. The summed E-state index contributed by atoms with van der Waals surface area (Å²) in [6, 6.07) is -0.420. The lowest BCUT2D eigenvalue weighted by Crippen LogP contribution is -2.36. The first-order valence-corrected chi connectivity index (χ1v) is 6.57. The molecule has 3 N–H and O–H groups in total. The molecule has 7 nitrogen and oxygen atoms in total. The fourth-order valence-electron chi connectivity index (χ4n) is 1.95. The first-order valence-electron chi connectivity index (χ1n) is 6.57. The molecule has 0 saturated heterocycles. The highest BCUT2D eigenvalue weighted by atomic mass is 16.4. The van der Waals surface area contributed by atoms with E-state index in [4.69, 9.17) is 5.11 Å². The summed E-state index contributed by atoms with van der Waals surface area (Å²) < 4.78 is 1.60. The Balaban J connectivity index is 2.49. The fourth-order valence-corrected chi connectivity index (χ4v) is 1.95. The highest BCUT2D eigenvalue weighted by Crippen LogP contribution is 2.12. The number of aryl methyl sites for hydroxylation is 2. The number of anilines is 1. The lowest BCUT2D eigenvalue weighted by molar-refractivity contribution is -0.142. The van der Waals surface area contributed by atoms with Gasteiger partial charge in [-0.2, -0.15) is 5.10 Å². The van der Waals surface area contributed by atoms with E-state index in [2.05, 4.69) is 15.7 Å². The maximum Gasteiger partial charge on any atom is 0.319 e. The summed E-state index contributed by atoms with van der Waals surface area (Å²) in [5, 5.41) is 18.4. The lowest BCUT2D eigenvalue weighted by Gasteiger charge is -2.15. The summed E-state index contributed by atoms with van der Waals surface area (Å²) >= 11 is 0. The van der Waals surface area contributed by atoms with Crippen molar-refractivity contribution in [3.8, 4) is 0 Å². The number of urea groups is 1. The van der Waals surface area contributed by atoms with Crippen molar-refractivity contribution < 1.29 is 14.7 Å². The van der Waals surface area contributed by atoms with Gasteiger partial charge in [-0.15, -0.1) is 0 Å². The molecule has 20 heavy (non-hydrogen) atoms. The predicted octanol–water partition coefficient (Wildman–Crippen LogP) is 1.60. The van der Waals surface area contributed by atoms with Crippen LogP contribution < -0.4 is 10.6 Å². The van der Waals surface area contributed by atoms with Crippen molar-refractivity contribution in [2.75, 3.05) is 11.9 Å². The molecule has 0 aromatic carbocycles. The van der Waals surface area contributed by atoms with Gasteiger partial charge in [0.2, 0.25) is 0 Å². The molecule has 0 saturated carbocycles. The molecule has 2 amide bonds. The van der Waals surface area contributed by atoms with E-state index in [1.807, 2.05) is 13.8 Å². The molecular weight excluding hydrogens is 260 g/mol. The van der Waals surface area contributed by atoms with E-state index in [1.165, 1.54) is 0 Å². The molecule has 0 radical (unpaired) electrons. The van der Waals surface area contributed by atoms with Crippen molar-refractivity contribution in [3.05, 3.63) is 11.9 Å². The minimum atomic E-state index is -0.892. The smallest absolute Gasteiger partial charge is 0.319 e. The molecule has 0 aliphatic rings. The third-order valence-electron chi connectivity index (χ3n) is 2.88. The maximum atomic E-state index is 11.7. The van der Waals surface area contributed by atoms with Gasteiger partial charge in [0.25, 0.3) is 0 Å². The second-order valence-corrected chi connectivity index (χ2v) is 5.30. The van der Waals surface area contributed by atoms with E-state index in [1.54, 1.807) is 24.9 Å². The van der Waals surface area contributed by atoms with Gasteiger partial charge in [-0.1, -0.05) is 13.8 Å². The third-order valence-corrected chi connectivity index (χ3v) is 2.88. The number of hydrogen-bond acceptors (Lipinski definition) is 3. The summed E-state index contributed by atoms with van der Waals surface area (Å²) in [6.07, 6.45) is 2.22. The highest BCUT2D eigenvalue weighted by molar-refractivity contribution is 5.89. The van der Waals surface area contributed by atoms with Crippen LogP contribution in [0.4, 0.5) is 10.5 Å². The van der Waals surface area contributed by atoms with Crippen LogP contribution in [0.15, 0.2) is 6.20 Å². The van der Waals surface area contributed by atoms with Crippen molar-refractivity contribution in [2.45, 2.75) is 27.2 Å². The van der Waals surface area contributed by atoms with Crippen LogP contribution in [0, 0.1) is 18.8 Å². The first kappa shape index (κ1) is 16.0. The van der Waals surface area contributed by atoms with E-state index in [0.29, 0.717) is 17.8 Å². The normalized spacial score (nSPS) is 12.2. The Bertz CT molecular complexity index is 482. The Kier molecular flexibility index (Phi) is 5.54. The summed E-state index contributed by atoms with van der Waals surface area (Å²) in [7, 11) is 1.76. The lowest BCUT2D eigenvalue weighted by atomic mass is 9.97. The molecule has 0 aliphatic carbocycles. The quantitative estimate of drug-likeness (QED) is 0.738. The van der Waals surface area contributed by atoms with E-state index in [0.717, 1.165) is 0 Å². The van der Waals surface area contributed by atoms with Gasteiger partial charge in [-0.25, -0.2) is 4.79 Å². The van der Waals surface area contributed by atoms with Crippen LogP contribution in [0.2, 0.25) is 0 Å². The number of aliphatic carboxylic acids is 1. The number of carboxylic acids is 1. The molecule has 1 heterocycles. The largest absolute Gasteiger partial charge is 0.481 e. The monoisotopic (exact) mass is 282 g/mol. The zero-order valence-electron chi connectivity index (χ0n) is 12.3. The Morgan fingerprint density at radius 1 is 1.45 bits per heavy atom. The molecule has 1 atom stereocenters. The van der Waals surface area contributed by atoms with Crippen molar-refractivity contribution in [2.24, 2.45) is 18.9 Å². The van der Waals surface area contributed by atoms with Gasteiger partial charge in [0.15, 0.2) is 0 Å². The number of carboxylic acid groups (broad SMARTS) is 1. The van der Waals surface area contributed by atoms with Crippen molar-refractivity contribution in [1.29, 1.82) is 0 Å². The average Bonchev–Trinajstić information content (AvgIpc) is 2.62. The van der Waals surface area contributed by atoms with Crippen LogP contribution in [0.5, 0.6) is 0 Å². The maximum absolute atomic E-state index is 11.7. The minimum Gasteiger partial charge on any atom is -0.481 e. The topological polar surface area (TPSA) is 96.3 Å². The molecule has 1 unspecified atom stereocenters. The Morgan fingerprint density at radius 3 is 2.55 bits per heavy atom. The summed E-state index contributed by atoms with van der Waals surface area (Å²) in [6.45, 7) is 5.80. The van der Waals surface area contributed by atoms with Gasteiger partial charge in [0.05, 0.1) is 17.3 Å². The molecule has 0 bridgehead atoms. The fraction of sp³-hybridized carbons (Fsp3) is 0.615. The van der Waals surface area contributed by atoms with Gasteiger partial charge in [-0.05, 0) is 19.3 Å². The number of nitrogens with zero attached hydrogens (tertiary/aromatic N) is 2. The van der Waals surface area contributed by atoms with Gasteiger partial charge < -0.3 is 15.7 Å². The zero-order valence-corrected chi connectivity index (χ0v) is 12.3. The van der Waals surface area contributed by atoms with Gasteiger partial charge in [0, 0.05) is 19.8 Å². The highest BCUT2D eigenvalue weighted by Gasteiger charge is 2.19. The zero-order chi connectivity index (χ0) is 15.3. The molecular formula is C13H22N4O3. The molecule has 112 valence electrons. The number of nitrogens with one attached hydrogen (secondary N) is 2. The van der Waals surface area contributed by atoms with Crippen LogP contribution in [0.1, 0.15) is 26.0 Å². The molecule has 0 aliphatic heterocycles. The Labute approximate surface area is 118 Å². The van der Waals surface area contributed by atoms with Gasteiger partial charge in [0.1, 0.15) is 0 Å². The number of aromatic nitrogens is 2. The molecule has 0 fully saturated rings. The molecule has 1 rings (SSSR count). The van der Waals surface area contributed by atoms with Crippen molar-refractivity contribution >= 4 is 17.7 Å². The number of rotatable bonds is 6. The molecule has 1 aromatic rings. The van der Waals surface area contributed by atoms with Crippen LogP contribution in [0.25, 0.3) is 0 Å². The van der Waals surface area contributed by atoms with Crippen molar-refractivity contribution in [3.63, 3.8) is 0 Å². The number of carbonyl (C=O) groups is 2. The van der Waals surface area contributed by atoms with Crippen LogP contribution in [-0.2, 0) is 11.8 Å². The van der Waals surface area contributed by atoms with Crippen LogP contribution in [-0.4, -0.2) is 33.4 Å².